The minimum absolute atomic E-state index is 0.0337. The van der Waals surface area contributed by atoms with Crippen molar-refractivity contribution in [3.8, 4) is 5.75 Å². The number of aromatic nitrogens is 1. The van der Waals surface area contributed by atoms with Crippen LogP contribution in [0.2, 0.25) is 4.34 Å². The van der Waals surface area contributed by atoms with Gasteiger partial charge >= 0.3 is 0 Å². The summed E-state index contributed by atoms with van der Waals surface area (Å²) in [5.41, 5.74) is 0.342. The third-order valence-electron chi connectivity index (χ3n) is 2.58. The minimum atomic E-state index is -0.210. The maximum atomic E-state index is 12.4. The lowest BCUT2D eigenvalue weighted by Crippen LogP contribution is -2.30. The van der Waals surface area contributed by atoms with Gasteiger partial charge in [-0.3, -0.25) is 9.78 Å². The third-order valence-corrected chi connectivity index (χ3v) is 3.80. The molecule has 2 aromatic rings. The predicted octanol–water partition coefficient (Wildman–Crippen LogP) is 3.33. The maximum absolute atomic E-state index is 12.4. The molecule has 2 heterocycles. The van der Waals surface area contributed by atoms with E-state index < -0.39 is 0 Å². The van der Waals surface area contributed by atoms with E-state index in [1.54, 1.807) is 17.0 Å². The lowest BCUT2D eigenvalue weighted by Gasteiger charge is -2.20. The van der Waals surface area contributed by atoms with Gasteiger partial charge < -0.3 is 10.0 Å². The molecule has 0 aliphatic carbocycles. The number of hydrogen-bond acceptors (Lipinski definition) is 4. The SMILES string of the molecule is C=CCN(Cc1ccc(Cl)s1)C(=O)c1cncc(O)c1. The maximum Gasteiger partial charge on any atom is 0.256 e. The number of nitrogens with zero attached hydrogens (tertiary/aromatic N) is 2. The second-order valence-electron chi connectivity index (χ2n) is 4.11. The number of hydrogen-bond donors (Lipinski definition) is 1. The highest BCUT2D eigenvalue weighted by molar-refractivity contribution is 7.16. The van der Waals surface area contributed by atoms with E-state index in [0.29, 0.717) is 23.0 Å². The summed E-state index contributed by atoms with van der Waals surface area (Å²) in [7, 11) is 0. The van der Waals surface area contributed by atoms with E-state index in [1.165, 1.54) is 29.8 Å². The first-order valence-electron chi connectivity index (χ1n) is 5.88. The quantitative estimate of drug-likeness (QED) is 0.862. The summed E-state index contributed by atoms with van der Waals surface area (Å²) >= 11 is 7.32. The first-order valence-corrected chi connectivity index (χ1v) is 7.08. The molecule has 0 spiro atoms. The van der Waals surface area contributed by atoms with Gasteiger partial charge in [0.1, 0.15) is 5.75 Å². The molecular formula is C14H13ClN2O2S. The van der Waals surface area contributed by atoms with Crippen molar-refractivity contribution in [3.63, 3.8) is 0 Å². The molecule has 4 nitrogen and oxygen atoms in total. The Hall–Kier alpha value is -1.85. The van der Waals surface area contributed by atoms with Gasteiger partial charge in [0, 0.05) is 17.6 Å². The van der Waals surface area contributed by atoms with Crippen LogP contribution in [0.25, 0.3) is 0 Å². The summed E-state index contributed by atoms with van der Waals surface area (Å²) in [5.74, 6) is -0.244. The number of pyridine rings is 1. The minimum Gasteiger partial charge on any atom is -0.506 e. The molecular weight excluding hydrogens is 296 g/mol. The number of carbonyl (C=O) groups excluding carboxylic acids is 1. The van der Waals surface area contributed by atoms with E-state index in [9.17, 15) is 9.90 Å². The van der Waals surface area contributed by atoms with Gasteiger partial charge in [0.2, 0.25) is 0 Å². The van der Waals surface area contributed by atoms with Crippen molar-refractivity contribution in [2.75, 3.05) is 6.54 Å². The molecule has 2 aromatic heterocycles. The molecule has 0 radical (unpaired) electrons. The Labute approximate surface area is 126 Å². The Morgan fingerprint density at radius 1 is 1.50 bits per heavy atom. The van der Waals surface area contributed by atoms with E-state index >= 15 is 0 Å². The molecule has 2 rings (SSSR count). The average molecular weight is 309 g/mol. The molecule has 0 aromatic carbocycles. The summed E-state index contributed by atoms with van der Waals surface area (Å²) in [6, 6.07) is 5.08. The van der Waals surface area contributed by atoms with Gasteiger partial charge in [0.05, 0.1) is 22.6 Å². The van der Waals surface area contributed by atoms with Crippen LogP contribution in [0.4, 0.5) is 0 Å². The van der Waals surface area contributed by atoms with Crippen LogP contribution in [0.1, 0.15) is 15.2 Å². The molecule has 0 atom stereocenters. The molecule has 0 unspecified atom stereocenters. The molecule has 0 bridgehead atoms. The summed E-state index contributed by atoms with van der Waals surface area (Å²) < 4.78 is 0.685. The van der Waals surface area contributed by atoms with E-state index in [-0.39, 0.29) is 11.7 Å². The van der Waals surface area contributed by atoms with E-state index in [0.717, 1.165) is 4.88 Å². The number of rotatable bonds is 5. The molecule has 1 N–H and O–H groups in total. The first-order chi connectivity index (χ1) is 9.60. The molecule has 0 aliphatic rings. The fourth-order valence-corrected chi connectivity index (χ4v) is 2.83. The molecule has 0 aliphatic heterocycles. The number of carbonyl (C=O) groups is 1. The van der Waals surface area contributed by atoms with E-state index in [1.807, 2.05) is 6.07 Å². The highest BCUT2D eigenvalue weighted by atomic mass is 35.5. The van der Waals surface area contributed by atoms with Crippen molar-refractivity contribution in [1.82, 2.24) is 9.88 Å². The lowest BCUT2D eigenvalue weighted by atomic mass is 10.2. The predicted molar refractivity (Wildman–Crippen MR) is 80.2 cm³/mol. The van der Waals surface area contributed by atoms with E-state index in [2.05, 4.69) is 11.6 Å². The zero-order valence-corrected chi connectivity index (χ0v) is 12.2. The molecule has 20 heavy (non-hydrogen) atoms. The molecule has 104 valence electrons. The van der Waals surface area contributed by atoms with Crippen LogP contribution in [0.3, 0.4) is 0 Å². The Morgan fingerprint density at radius 2 is 2.30 bits per heavy atom. The van der Waals surface area contributed by atoms with Crippen molar-refractivity contribution in [1.29, 1.82) is 0 Å². The monoisotopic (exact) mass is 308 g/mol. The van der Waals surface area contributed by atoms with Crippen LogP contribution >= 0.6 is 22.9 Å². The fourth-order valence-electron chi connectivity index (χ4n) is 1.73. The van der Waals surface area contributed by atoms with Crippen LogP contribution < -0.4 is 0 Å². The van der Waals surface area contributed by atoms with Gasteiger partial charge in [-0.05, 0) is 18.2 Å². The second-order valence-corrected chi connectivity index (χ2v) is 5.91. The summed E-state index contributed by atoms with van der Waals surface area (Å²) in [5, 5.41) is 9.40. The topological polar surface area (TPSA) is 53.4 Å². The van der Waals surface area contributed by atoms with Crippen LogP contribution in [0.5, 0.6) is 5.75 Å². The highest BCUT2D eigenvalue weighted by Gasteiger charge is 2.16. The summed E-state index contributed by atoms with van der Waals surface area (Å²) in [6.07, 6.45) is 4.37. The zero-order chi connectivity index (χ0) is 14.5. The standard InChI is InChI=1S/C14H13ClN2O2S/c1-2-5-17(9-12-3-4-13(15)20-12)14(19)10-6-11(18)8-16-7-10/h2-4,6-8,18H,1,5,9H2. The largest absolute Gasteiger partial charge is 0.506 e. The van der Waals surface area contributed by atoms with Crippen molar-refractivity contribution in [2.24, 2.45) is 0 Å². The Bertz CT molecular complexity index is 627. The summed E-state index contributed by atoms with van der Waals surface area (Å²) in [6.45, 7) is 4.51. The smallest absolute Gasteiger partial charge is 0.256 e. The van der Waals surface area contributed by atoms with Crippen LogP contribution in [-0.2, 0) is 6.54 Å². The van der Waals surface area contributed by atoms with Gasteiger partial charge in [-0.15, -0.1) is 17.9 Å². The Balaban J connectivity index is 2.19. The molecule has 0 saturated carbocycles. The highest BCUT2D eigenvalue weighted by Crippen LogP contribution is 2.23. The normalized spacial score (nSPS) is 10.2. The van der Waals surface area contributed by atoms with Crippen LogP contribution in [0, 0.1) is 0 Å². The molecule has 0 saturated heterocycles. The zero-order valence-electron chi connectivity index (χ0n) is 10.6. The lowest BCUT2D eigenvalue weighted by molar-refractivity contribution is 0.0763. The van der Waals surface area contributed by atoms with Gasteiger partial charge in [0.15, 0.2) is 0 Å². The fraction of sp³-hybridized carbons (Fsp3) is 0.143. The Kier molecular flexibility index (Phi) is 4.76. The van der Waals surface area contributed by atoms with Crippen LogP contribution in [0.15, 0.2) is 43.2 Å². The van der Waals surface area contributed by atoms with Gasteiger partial charge in [-0.1, -0.05) is 17.7 Å². The van der Waals surface area contributed by atoms with Crippen molar-refractivity contribution in [3.05, 3.63) is 58.0 Å². The number of thiophene rings is 1. The van der Waals surface area contributed by atoms with Gasteiger partial charge in [-0.2, -0.15) is 0 Å². The van der Waals surface area contributed by atoms with Crippen molar-refractivity contribution < 1.29 is 9.90 Å². The molecule has 0 fully saturated rings. The van der Waals surface area contributed by atoms with Crippen LogP contribution in [-0.4, -0.2) is 27.4 Å². The van der Waals surface area contributed by atoms with Crippen molar-refractivity contribution in [2.45, 2.75) is 6.54 Å². The Morgan fingerprint density at radius 3 is 2.90 bits per heavy atom. The van der Waals surface area contributed by atoms with Crippen molar-refractivity contribution >= 4 is 28.8 Å². The van der Waals surface area contributed by atoms with Gasteiger partial charge in [-0.25, -0.2) is 0 Å². The first kappa shape index (κ1) is 14.6. The third kappa shape index (κ3) is 3.59. The second kappa shape index (κ2) is 6.54. The number of halogens is 1. The average Bonchev–Trinajstić information content (AvgIpc) is 2.83. The summed E-state index contributed by atoms with van der Waals surface area (Å²) in [4.78, 5) is 18.8. The number of aromatic hydroxyl groups is 1. The van der Waals surface area contributed by atoms with E-state index in [4.69, 9.17) is 11.6 Å². The van der Waals surface area contributed by atoms with Gasteiger partial charge in [0.25, 0.3) is 5.91 Å². The number of amides is 1. The molecule has 1 amide bonds. The molecule has 6 heteroatoms.